The Morgan fingerprint density at radius 2 is 0.871 bits per heavy atom. The summed E-state index contributed by atoms with van der Waals surface area (Å²) >= 11 is 1.85. The van der Waals surface area contributed by atoms with Crippen LogP contribution >= 0.6 is 11.3 Å². The van der Waals surface area contributed by atoms with Crippen molar-refractivity contribution in [3.8, 4) is 67.3 Å². The lowest BCUT2D eigenvalue weighted by Crippen LogP contribution is -2.28. The van der Waals surface area contributed by atoms with Crippen molar-refractivity contribution in [3.05, 3.63) is 253 Å². The lowest BCUT2D eigenvalue weighted by atomic mass is 9.67. The van der Waals surface area contributed by atoms with E-state index < -0.39 is 5.41 Å². The zero-order valence-electron chi connectivity index (χ0n) is 33.7. The van der Waals surface area contributed by atoms with Crippen LogP contribution < -0.4 is 0 Å². The molecule has 2 aromatic heterocycles. The van der Waals surface area contributed by atoms with Gasteiger partial charge in [0.05, 0.1) is 16.8 Å². The van der Waals surface area contributed by atoms with Crippen molar-refractivity contribution in [1.82, 2.24) is 9.97 Å². The minimum Gasteiger partial charge on any atom is -0.228 e. The number of rotatable bonds is 7. The van der Waals surface area contributed by atoms with Gasteiger partial charge in [0.15, 0.2) is 5.82 Å². The van der Waals surface area contributed by atoms with Crippen molar-refractivity contribution in [2.75, 3.05) is 0 Å². The number of fused-ring (bicyclic) bond motifs is 6. The van der Waals surface area contributed by atoms with Crippen molar-refractivity contribution in [1.29, 1.82) is 0 Å². The number of hydrogen-bond donors (Lipinski definition) is 0. The molecule has 0 saturated heterocycles. The van der Waals surface area contributed by atoms with Gasteiger partial charge >= 0.3 is 0 Å². The molecule has 3 heteroatoms. The van der Waals surface area contributed by atoms with Gasteiger partial charge in [0.1, 0.15) is 0 Å². The summed E-state index contributed by atoms with van der Waals surface area (Å²) in [5.41, 5.74) is 16.9. The Morgan fingerprint density at radius 3 is 1.63 bits per heavy atom. The number of hydrogen-bond acceptors (Lipinski definition) is 3. The molecule has 0 amide bonds. The third-order valence-corrected chi connectivity index (χ3v) is 13.8. The standard InChI is InChI=1S/C59H38N2S/c1-4-17-41(18-5-1)58-60-54(38-55(61-58)47-25-11-10-23-45(47)49-27-16-28-50-48-26-13-15-30-56(48)62-57(49)50)40-33-31-39(32-34-40)42-35-36-53-51(37-42)46-24-12-14-29-52(46)59(53,43-19-6-2-7-20-43)44-21-8-3-9-22-44/h1-38H. The van der Waals surface area contributed by atoms with Gasteiger partial charge in [0.2, 0.25) is 0 Å². The molecule has 0 bridgehead atoms. The summed E-state index contributed by atoms with van der Waals surface area (Å²) in [5, 5.41) is 2.58. The van der Waals surface area contributed by atoms with Crippen LogP contribution in [-0.2, 0) is 5.41 Å². The highest BCUT2D eigenvalue weighted by molar-refractivity contribution is 7.26. The number of nitrogens with zero attached hydrogens (tertiary/aromatic N) is 2. The van der Waals surface area contributed by atoms with Crippen molar-refractivity contribution in [2.24, 2.45) is 0 Å². The quantitative estimate of drug-likeness (QED) is 0.160. The van der Waals surface area contributed by atoms with Crippen LogP contribution in [0.25, 0.3) is 87.5 Å². The highest BCUT2D eigenvalue weighted by Crippen LogP contribution is 2.56. The van der Waals surface area contributed by atoms with Crippen LogP contribution in [0.2, 0.25) is 0 Å². The molecule has 2 heterocycles. The zero-order chi connectivity index (χ0) is 41.0. The maximum absolute atomic E-state index is 5.27. The average molecular weight is 807 g/mol. The first kappa shape index (κ1) is 36.2. The molecular weight excluding hydrogens is 769 g/mol. The predicted molar refractivity (Wildman–Crippen MR) is 259 cm³/mol. The first-order chi connectivity index (χ1) is 30.7. The van der Waals surface area contributed by atoms with Crippen LogP contribution in [0.5, 0.6) is 0 Å². The van der Waals surface area contributed by atoms with E-state index in [9.17, 15) is 0 Å². The maximum atomic E-state index is 5.27. The summed E-state index contributed by atoms with van der Waals surface area (Å²) in [5.74, 6) is 0.703. The lowest BCUT2D eigenvalue weighted by molar-refractivity contribution is 0.768. The second-order valence-electron chi connectivity index (χ2n) is 16.0. The molecule has 12 rings (SSSR count). The van der Waals surface area contributed by atoms with E-state index in [-0.39, 0.29) is 0 Å². The Morgan fingerprint density at radius 1 is 0.323 bits per heavy atom. The monoisotopic (exact) mass is 806 g/mol. The van der Waals surface area contributed by atoms with Gasteiger partial charge in [-0.15, -0.1) is 11.3 Å². The molecule has 1 aliphatic carbocycles. The zero-order valence-corrected chi connectivity index (χ0v) is 34.6. The Hall–Kier alpha value is -7.72. The van der Waals surface area contributed by atoms with Gasteiger partial charge in [-0.25, -0.2) is 9.97 Å². The fraction of sp³-hybridized carbons (Fsp3) is 0.0169. The maximum Gasteiger partial charge on any atom is 0.160 e. The van der Waals surface area contributed by atoms with E-state index in [1.54, 1.807) is 0 Å². The topological polar surface area (TPSA) is 25.8 Å². The average Bonchev–Trinajstić information content (AvgIpc) is 3.89. The van der Waals surface area contributed by atoms with Crippen LogP contribution in [0, 0.1) is 0 Å². The smallest absolute Gasteiger partial charge is 0.160 e. The van der Waals surface area contributed by atoms with E-state index in [4.69, 9.17) is 9.97 Å². The first-order valence-corrected chi connectivity index (χ1v) is 22.0. The third-order valence-electron chi connectivity index (χ3n) is 12.6. The van der Waals surface area contributed by atoms with Crippen LogP contribution in [-0.4, -0.2) is 9.97 Å². The molecule has 290 valence electrons. The minimum atomic E-state index is -0.416. The Labute approximate surface area is 365 Å². The Balaban J connectivity index is 0.967. The van der Waals surface area contributed by atoms with Crippen molar-refractivity contribution in [2.45, 2.75) is 5.41 Å². The molecule has 0 spiro atoms. The second-order valence-corrected chi connectivity index (χ2v) is 17.1. The second kappa shape index (κ2) is 14.8. The normalized spacial score (nSPS) is 12.6. The van der Waals surface area contributed by atoms with Crippen LogP contribution in [0.4, 0.5) is 0 Å². The first-order valence-electron chi connectivity index (χ1n) is 21.1. The lowest BCUT2D eigenvalue weighted by Gasteiger charge is -2.33. The van der Waals surface area contributed by atoms with E-state index in [1.807, 2.05) is 17.4 Å². The molecule has 0 radical (unpaired) electrons. The molecule has 0 unspecified atom stereocenters. The molecule has 0 fully saturated rings. The molecule has 0 aliphatic heterocycles. The van der Waals surface area contributed by atoms with Gasteiger partial charge < -0.3 is 0 Å². The minimum absolute atomic E-state index is 0.416. The van der Waals surface area contributed by atoms with Gasteiger partial charge in [-0.3, -0.25) is 0 Å². The number of aromatic nitrogens is 2. The fourth-order valence-electron chi connectivity index (χ4n) is 9.81. The van der Waals surface area contributed by atoms with E-state index in [2.05, 4.69) is 224 Å². The van der Waals surface area contributed by atoms with Gasteiger partial charge in [-0.2, -0.15) is 0 Å². The van der Waals surface area contributed by atoms with Crippen molar-refractivity contribution in [3.63, 3.8) is 0 Å². The third kappa shape index (κ3) is 5.78. The largest absolute Gasteiger partial charge is 0.228 e. The highest BCUT2D eigenvalue weighted by atomic mass is 32.1. The summed E-state index contributed by atoms with van der Waals surface area (Å²) in [6, 6.07) is 83.3. The molecule has 0 atom stereocenters. The van der Waals surface area contributed by atoms with Crippen LogP contribution in [0.1, 0.15) is 22.3 Å². The SMILES string of the molecule is c1ccc(-c2nc(-c3ccc(-c4ccc5c(c4)-c4ccccc4C5(c4ccccc4)c4ccccc4)cc3)cc(-c3ccccc3-c3cccc4c3sc3ccccc34)n2)cc1. The molecule has 0 N–H and O–H groups in total. The number of thiophene rings is 1. The number of benzene rings is 9. The van der Waals surface area contributed by atoms with Gasteiger partial charge in [-0.05, 0) is 68.3 Å². The molecule has 9 aromatic carbocycles. The molecule has 2 nitrogen and oxygen atoms in total. The summed E-state index contributed by atoms with van der Waals surface area (Å²) in [7, 11) is 0. The van der Waals surface area contributed by atoms with Gasteiger partial charge in [0, 0.05) is 42.4 Å². The van der Waals surface area contributed by atoms with Crippen LogP contribution in [0.15, 0.2) is 231 Å². The molecule has 62 heavy (non-hydrogen) atoms. The summed E-state index contributed by atoms with van der Waals surface area (Å²) < 4.78 is 2.58. The van der Waals surface area contributed by atoms with E-state index in [0.717, 1.165) is 39.2 Å². The van der Waals surface area contributed by atoms with Crippen molar-refractivity contribution < 1.29 is 0 Å². The van der Waals surface area contributed by atoms with E-state index >= 15 is 0 Å². The molecule has 0 saturated carbocycles. The van der Waals surface area contributed by atoms with Crippen LogP contribution in [0.3, 0.4) is 0 Å². The van der Waals surface area contributed by atoms with Crippen molar-refractivity contribution >= 4 is 31.5 Å². The van der Waals surface area contributed by atoms with Gasteiger partial charge in [-0.1, -0.05) is 212 Å². The van der Waals surface area contributed by atoms with Gasteiger partial charge in [0.25, 0.3) is 0 Å². The van der Waals surface area contributed by atoms with E-state index in [1.165, 1.54) is 64.7 Å². The highest BCUT2D eigenvalue weighted by Gasteiger charge is 2.45. The Bertz CT molecular complexity index is 3400. The molecule has 11 aromatic rings. The predicted octanol–water partition coefficient (Wildman–Crippen LogP) is 15.5. The summed E-state index contributed by atoms with van der Waals surface area (Å²) in [4.78, 5) is 10.5. The molecule has 1 aliphatic rings. The summed E-state index contributed by atoms with van der Waals surface area (Å²) in [6.07, 6.45) is 0. The van der Waals surface area contributed by atoms with E-state index in [0.29, 0.717) is 5.82 Å². The summed E-state index contributed by atoms with van der Waals surface area (Å²) in [6.45, 7) is 0. The molecular formula is C59H38N2S. The Kier molecular flexibility index (Phi) is 8.62. The fourth-order valence-corrected chi connectivity index (χ4v) is 11.0.